The van der Waals surface area contributed by atoms with E-state index in [0.717, 1.165) is 57.8 Å². The minimum Gasteiger partial charge on any atom is -0.396 e. The molecule has 3 heteroatoms. The van der Waals surface area contributed by atoms with Crippen molar-refractivity contribution in [2.45, 2.75) is 76.4 Å². The van der Waals surface area contributed by atoms with E-state index in [-0.39, 0.29) is 29.5 Å². The first-order valence-electron chi connectivity index (χ1n) is 8.91. The Labute approximate surface area is 127 Å². The van der Waals surface area contributed by atoms with Gasteiger partial charge >= 0.3 is 0 Å². The van der Waals surface area contributed by atoms with Crippen molar-refractivity contribution in [2.24, 2.45) is 28.6 Å². The zero-order valence-corrected chi connectivity index (χ0v) is 13.2. The van der Waals surface area contributed by atoms with Gasteiger partial charge in [0.15, 0.2) is 0 Å². The van der Waals surface area contributed by atoms with Gasteiger partial charge in [-0.3, -0.25) is 0 Å². The van der Waals surface area contributed by atoms with Crippen LogP contribution in [0.1, 0.15) is 64.7 Å². The van der Waals surface area contributed by atoms with Gasteiger partial charge in [-0.25, -0.2) is 0 Å². The number of rotatable bonds is 1. The van der Waals surface area contributed by atoms with Crippen molar-refractivity contribution in [3.8, 4) is 0 Å². The van der Waals surface area contributed by atoms with Crippen LogP contribution in [0.3, 0.4) is 0 Å². The first kappa shape index (κ1) is 14.5. The molecule has 3 N–H and O–H groups in total. The Bertz CT molecular complexity index is 438. The predicted octanol–water partition coefficient (Wildman–Crippen LogP) is 2.48. The summed E-state index contributed by atoms with van der Waals surface area (Å²) in [6.45, 7) is 2.56. The van der Waals surface area contributed by atoms with Crippen molar-refractivity contribution in [2.75, 3.05) is 6.61 Å². The Morgan fingerprint density at radius 3 is 2.62 bits per heavy atom. The third kappa shape index (κ3) is 1.96. The zero-order valence-electron chi connectivity index (χ0n) is 13.2. The van der Waals surface area contributed by atoms with E-state index in [1.165, 1.54) is 0 Å². The lowest BCUT2D eigenvalue weighted by atomic mass is 9.46. The van der Waals surface area contributed by atoms with Crippen LogP contribution in [0.25, 0.3) is 0 Å². The van der Waals surface area contributed by atoms with E-state index in [1.807, 2.05) is 0 Å². The van der Waals surface area contributed by atoms with Gasteiger partial charge in [-0.15, -0.1) is 0 Å². The van der Waals surface area contributed by atoms with Crippen LogP contribution in [-0.2, 0) is 0 Å². The average Bonchev–Trinajstić information content (AvgIpc) is 2.79. The molecule has 0 saturated heterocycles. The zero-order chi connectivity index (χ0) is 14.9. The summed E-state index contributed by atoms with van der Waals surface area (Å²) in [6, 6.07) is 0. The van der Waals surface area contributed by atoms with Gasteiger partial charge in [-0.2, -0.15) is 0 Å². The van der Waals surface area contributed by atoms with Crippen molar-refractivity contribution in [3.63, 3.8) is 0 Å². The summed E-state index contributed by atoms with van der Waals surface area (Å²) in [5.74, 6) is 0.997. The summed E-state index contributed by atoms with van der Waals surface area (Å²) in [5, 5.41) is 31.6. The van der Waals surface area contributed by atoms with E-state index in [0.29, 0.717) is 11.8 Å². The summed E-state index contributed by atoms with van der Waals surface area (Å²) in [7, 11) is 0. The normalized spacial score (nSPS) is 59.4. The second kappa shape index (κ2) is 4.46. The van der Waals surface area contributed by atoms with Crippen LogP contribution in [0.15, 0.2) is 0 Å². The SMILES string of the molecule is C[C@@]12CCC[C@@](O)(C1)[C@@H]1C[C@@]3(CC[C@H](CO)C3)[C@@H]1[C@H](O)C2. The third-order valence-corrected chi connectivity index (χ3v) is 7.70. The molecule has 4 aliphatic carbocycles. The van der Waals surface area contributed by atoms with Crippen molar-refractivity contribution < 1.29 is 15.3 Å². The summed E-state index contributed by atoms with van der Waals surface area (Å²) in [6.07, 6.45) is 9.07. The molecule has 7 atom stereocenters. The van der Waals surface area contributed by atoms with Gasteiger partial charge in [-0.1, -0.05) is 13.3 Å². The molecular formula is C18H30O3. The van der Waals surface area contributed by atoms with Crippen LogP contribution in [0.5, 0.6) is 0 Å². The van der Waals surface area contributed by atoms with Crippen LogP contribution in [0.4, 0.5) is 0 Å². The molecule has 0 aromatic rings. The van der Waals surface area contributed by atoms with Crippen LogP contribution < -0.4 is 0 Å². The molecule has 4 rings (SSSR count). The minimum atomic E-state index is -0.530. The molecule has 0 aromatic carbocycles. The van der Waals surface area contributed by atoms with E-state index < -0.39 is 5.60 Å². The van der Waals surface area contributed by atoms with Gasteiger partial charge in [0.25, 0.3) is 0 Å². The number of hydrogen-bond donors (Lipinski definition) is 3. The van der Waals surface area contributed by atoms with E-state index >= 15 is 0 Å². The molecule has 3 nitrogen and oxygen atoms in total. The highest BCUT2D eigenvalue weighted by Gasteiger charge is 2.67. The maximum atomic E-state index is 11.3. The van der Waals surface area contributed by atoms with E-state index in [9.17, 15) is 15.3 Å². The summed E-state index contributed by atoms with van der Waals surface area (Å²) in [4.78, 5) is 0. The molecule has 0 aromatic heterocycles. The molecule has 1 spiro atoms. The Morgan fingerprint density at radius 1 is 1.10 bits per heavy atom. The van der Waals surface area contributed by atoms with Gasteiger partial charge in [0.2, 0.25) is 0 Å². The lowest BCUT2D eigenvalue weighted by Gasteiger charge is -2.60. The first-order valence-corrected chi connectivity index (χ1v) is 8.91. The molecule has 4 saturated carbocycles. The van der Waals surface area contributed by atoms with E-state index in [4.69, 9.17) is 0 Å². The van der Waals surface area contributed by atoms with E-state index in [2.05, 4.69) is 6.92 Å². The van der Waals surface area contributed by atoms with Gasteiger partial charge in [-0.05, 0) is 80.0 Å². The maximum Gasteiger partial charge on any atom is 0.0685 e. The topological polar surface area (TPSA) is 60.7 Å². The highest BCUT2D eigenvalue weighted by Crippen LogP contribution is 2.69. The Hall–Kier alpha value is -0.120. The standard InChI is InChI=1S/C18H30O3/c1-16-4-2-5-18(21,11-16)13-8-17(15(13)14(20)9-16)6-3-12(7-17)10-19/h12-15,19-21H,2-11H2,1H3/t12-,13+,14+,15-,16-,17-,18+/m0/s1. The van der Waals surface area contributed by atoms with Crippen LogP contribution in [0, 0.1) is 28.6 Å². The largest absolute Gasteiger partial charge is 0.396 e. The molecular weight excluding hydrogens is 264 g/mol. The maximum absolute atomic E-state index is 11.3. The van der Waals surface area contributed by atoms with Crippen LogP contribution >= 0.6 is 0 Å². The lowest BCUT2D eigenvalue weighted by Crippen LogP contribution is -2.60. The van der Waals surface area contributed by atoms with Gasteiger partial charge in [0.05, 0.1) is 11.7 Å². The van der Waals surface area contributed by atoms with E-state index in [1.54, 1.807) is 0 Å². The highest BCUT2D eigenvalue weighted by atomic mass is 16.3. The monoisotopic (exact) mass is 294 g/mol. The fraction of sp³-hybridized carbons (Fsp3) is 1.00. The number of aliphatic hydroxyl groups is 3. The smallest absolute Gasteiger partial charge is 0.0685 e. The second-order valence-corrected chi connectivity index (χ2v) is 9.21. The van der Waals surface area contributed by atoms with Crippen LogP contribution in [0.2, 0.25) is 0 Å². The van der Waals surface area contributed by atoms with Gasteiger partial charge in [0, 0.05) is 6.61 Å². The molecule has 21 heavy (non-hydrogen) atoms. The molecule has 4 fully saturated rings. The molecule has 0 heterocycles. The fourth-order valence-electron chi connectivity index (χ4n) is 6.94. The average molecular weight is 294 g/mol. The van der Waals surface area contributed by atoms with Gasteiger partial charge in [0.1, 0.15) is 0 Å². The quantitative estimate of drug-likeness (QED) is 0.696. The van der Waals surface area contributed by atoms with Crippen molar-refractivity contribution in [1.29, 1.82) is 0 Å². The Balaban J connectivity index is 1.65. The van der Waals surface area contributed by atoms with Crippen LogP contribution in [-0.4, -0.2) is 33.6 Å². The molecule has 2 bridgehead atoms. The van der Waals surface area contributed by atoms with Crippen molar-refractivity contribution >= 4 is 0 Å². The lowest BCUT2D eigenvalue weighted by molar-refractivity contribution is -0.191. The Morgan fingerprint density at radius 2 is 1.90 bits per heavy atom. The molecule has 120 valence electrons. The molecule has 0 aliphatic heterocycles. The first-order chi connectivity index (χ1) is 9.90. The Kier molecular flexibility index (Phi) is 3.07. The fourth-order valence-corrected chi connectivity index (χ4v) is 6.94. The van der Waals surface area contributed by atoms with Gasteiger partial charge < -0.3 is 15.3 Å². The summed E-state index contributed by atoms with van der Waals surface area (Å²) < 4.78 is 0. The molecule has 0 unspecified atom stereocenters. The van der Waals surface area contributed by atoms with Crippen molar-refractivity contribution in [1.82, 2.24) is 0 Å². The second-order valence-electron chi connectivity index (χ2n) is 9.21. The minimum absolute atomic E-state index is 0.125. The summed E-state index contributed by atoms with van der Waals surface area (Å²) in [5.41, 5.74) is -0.182. The number of aliphatic hydroxyl groups excluding tert-OH is 2. The predicted molar refractivity (Wildman–Crippen MR) is 80.6 cm³/mol. The highest BCUT2D eigenvalue weighted by molar-refractivity contribution is 5.16. The summed E-state index contributed by atoms with van der Waals surface area (Å²) >= 11 is 0. The molecule has 4 aliphatic rings. The molecule has 0 radical (unpaired) electrons. The molecule has 0 amide bonds. The van der Waals surface area contributed by atoms with Crippen molar-refractivity contribution in [3.05, 3.63) is 0 Å². The number of fused-ring (bicyclic) bond motifs is 5. The number of hydrogen-bond acceptors (Lipinski definition) is 3. The third-order valence-electron chi connectivity index (χ3n) is 7.70.